The predicted molar refractivity (Wildman–Crippen MR) is 98.3 cm³/mol. The summed E-state index contributed by atoms with van der Waals surface area (Å²) in [7, 11) is 0. The number of hydrogen-bond donors (Lipinski definition) is 3. The largest absolute Gasteiger partial charge is 0.327 e. The molecule has 3 rings (SSSR count). The molecule has 138 valence electrons. The van der Waals surface area contributed by atoms with E-state index in [9.17, 15) is 13.6 Å². The van der Waals surface area contributed by atoms with Crippen molar-refractivity contribution in [3.63, 3.8) is 0 Å². The average molecular weight is 369 g/mol. The van der Waals surface area contributed by atoms with Gasteiger partial charge in [-0.3, -0.25) is 15.4 Å². The fourth-order valence-electron chi connectivity index (χ4n) is 2.52. The Kier molecular flexibility index (Phi) is 5.25. The van der Waals surface area contributed by atoms with Crippen LogP contribution in [0.5, 0.6) is 0 Å². The van der Waals surface area contributed by atoms with Crippen molar-refractivity contribution in [3.05, 3.63) is 72.1 Å². The minimum atomic E-state index is -0.639. The summed E-state index contributed by atoms with van der Waals surface area (Å²) in [5.74, 6) is -1.34. The van der Waals surface area contributed by atoms with Crippen LogP contribution < -0.4 is 5.32 Å². The maximum Gasteiger partial charge on any atom is 0.327 e. The van der Waals surface area contributed by atoms with Gasteiger partial charge in [0.2, 0.25) is 0 Å². The second kappa shape index (κ2) is 7.77. The first kappa shape index (κ1) is 18.2. The molecule has 0 saturated heterocycles. The number of halogens is 2. The molecule has 0 atom stereocenters. The first-order chi connectivity index (χ1) is 12.9. The standard InChI is InChI=1S/C19H17F2N5O/c1-12(22)26(11-14-8-16(20)4-7-18(14)21)19(27)25-17-5-2-13(3-6-17)15-9-23-24-10-15/h2-10,22H,11H2,1H3,(H,23,24)(H,25,27). The van der Waals surface area contributed by atoms with Gasteiger partial charge in [0.25, 0.3) is 0 Å². The molecule has 0 aliphatic heterocycles. The van der Waals surface area contributed by atoms with Gasteiger partial charge in [-0.25, -0.2) is 13.6 Å². The highest BCUT2D eigenvalue weighted by atomic mass is 19.1. The number of H-pyrrole nitrogens is 1. The molecular formula is C19H17F2N5O. The number of carbonyl (C=O) groups is 1. The van der Waals surface area contributed by atoms with Gasteiger partial charge in [-0.2, -0.15) is 5.10 Å². The second-order valence-electron chi connectivity index (χ2n) is 5.90. The molecule has 8 heteroatoms. The lowest BCUT2D eigenvalue weighted by atomic mass is 10.1. The lowest BCUT2D eigenvalue weighted by Gasteiger charge is -2.22. The van der Waals surface area contributed by atoms with Crippen LogP contribution in [0.1, 0.15) is 12.5 Å². The molecule has 0 aliphatic rings. The Labute approximate surface area is 154 Å². The second-order valence-corrected chi connectivity index (χ2v) is 5.90. The third kappa shape index (κ3) is 4.35. The number of aromatic amines is 1. The van der Waals surface area contributed by atoms with Crippen LogP contribution in [0.3, 0.4) is 0 Å². The van der Waals surface area contributed by atoms with E-state index in [1.54, 1.807) is 24.5 Å². The predicted octanol–water partition coefficient (Wildman–Crippen LogP) is 4.39. The maximum absolute atomic E-state index is 13.9. The molecule has 0 radical (unpaired) electrons. The quantitative estimate of drug-likeness (QED) is 0.471. The summed E-state index contributed by atoms with van der Waals surface area (Å²) < 4.78 is 27.2. The Morgan fingerprint density at radius 1 is 1.19 bits per heavy atom. The number of urea groups is 1. The van der Waals surface area contributed by atoms with E-state index in [-0.39, 0.29) is 17.9 Å². The summed E-state index contributed by atoms with van der Waals surface area (Å²) in [6.07, 6.45) is 3.43. The molecule has 3 aromatic rings. The average Bonchev–Trinajstić information content (AvgIpc) is 3.17. The number of benzene rings is 2. The van der Waals surface area contributed by atoms with E-state index in [2.05, 4.69) is 15.5 Å². The highest BCUT2D eigenvalue weighted by Gasteiger charge is 2.18. The Hall–Kier alpha value is -3.55. The van der Waals surface area contributed by atoms with Crippen molar-refractivity contribution in [2.75, 3.05) is 5.32 Å². The van der Waals surface area contributed by atoms with Gasteiger partial charge in [-0.15, -0.1) is 0 Å². The first-order valence-corrected chi connectivity index (χ1v) is 8.11. The third-order valence-corrected chi connectivity index (χ3v) is 3.95. The number of amides is 2. The Morgan fingerprint density at radius 3 is 2.56 bits per heavy atom. The highest BCUT2D eigenvalue weighted by molar-refractivity contribution is 6.01. The van der Waals surface area contributed by atoms with Crippen molar-refractivity contribution < 1.29 is 13.6 Å². The zero-order valence-electron chi connectivity index (χ0n) is 14.5. The summed E-state index contributed by atoms with van der Waals surface area (Å²) in [4.78, 5) is 13.5. The zero-order chi connectivity index (χ0) is 19.4. The van der Waals surface area contributed by atoms with Crippen LogP contribution in [0.2, 0.25) is 0 Å². The van der Waals surface area contributed by atoms with Crippen molar-refractivity contribution >= 4 is 17.6 Å². The van der Waals surface area contributed by atoms with Crippen LogP contribution in [-0.4, -0.2) is 27.0 Å². The van der Waals surface area contributed by atoms with Crippen LogP contribution in [0.15, 0.2) is 54.9 Å². The number of nitrogens with one attached hydrogen (secondary N) is 3. The fraction of sp³-hybridized carbons (Fsp3) is 0.105. The molecular weight excluding hydrogens is 352 g/mol. The SMILES string of the molecule is CC(=N)N(Cc1cc(F)ccc1F)C(=O)Nc1ccc(-c2cn[nH]c2)cc1. The molecule has 1 heterocycles. The lowest BCUT2D eigenvalue weighted by Crippen LogP contribution is -2.37. The van der Waals surface area contributed by atoms with Crippen molar-refractivity contribution in [2.24, 2.45) is 0 Å². The molecule has 0 fully saturated rings. The lowest BCUT2D eigenvalue weighted by molar-refractivity contribution is 0.231. The van der Waals surface area contributed by atoms with Crippen molar-refractivity contribution in [3.8, 4) is 11.1 Å². The van der Waals surface area contributed by atoms with Crippen molar-refractivity contribution in [1.82, 2.24) is 15.1 Å². The van der Waals surface area contributed by atoms with Gasteiger partial charge in [0.15, 0.2) is 0 Å². The van der Waals surface area contributed by atoms with E-state index in [1.807, 2.05) is 12.1 Å². The number of hydrogen-bond acceptors (Lipinski definition) is 3. The van der Waals surface area contributed by atoms with Gasteiger partial charge in [-0.05, 0) is 42.8 Å². The monoisotopic (exact) mass is 369 g/mol. The van der Waals surface area contributed by atoms with Gasteiger partial charge in [0.05, 0.1) is 12.7 Å². The van der Waals surface area contributed by atoms with Crippen LogP contribution >= 0.6 is 0 Å². The minimum absolute atomic E-state index is 0.00736. The number of nitrogens with zero attached hydrogens (tertiary/aromatic N) is 2. The van der Waals surface area contributed by atoms with Crippen molar-refractivity contribution in [1.29, 1.82) is 5.41 Å². The summed E-state index contributed by atoms with van der Waals surface area (Å²) >= 11 is 0. The van der Waals surface area contributed by atoms with E-state index in [0.717, 1.165) is 34.2 Å². The number of anilines is 1. The molecule has 2 aromatic carbocycles. The molecule has 1 aromatic heterocycles. The molecule has 3 N–H and O–H groups in total. The minimum Gasteiger partial charge on any atom is -0.308 e. The maximum atomic E-state index is 13.9. The molecule has 2 amide bonds. The molecule has 0 bridgehead atoms. The van der Waals surface area contributed by atoms with Crippen LogP contribution in [0, 0.1) is 17.0 Å². The molecule has 27 heavy (non-hydrogen) atoms. The van der Waals surface area contributed by atoms with Gasteiger partial charge in [0, 0.05) is 23.0 Å². The summed E-state index contributed by atoms with van der Waals surface area (Å²) in [6, 6.07) is 9.45. The van der Waals surface area contributed by atoms with Crippen LogP contribution in [0.4, 0.5) is 19.3 Å². The molecule has 0 spiro atoms. The Morgan fingerprint density at radius 2 is 1.93 bits per heavy atom. The third-order valence-electron chi connectivity index (χ3n) is 3.95. The number of aromatic nitrogens is 2. The van der Waals surface area contributed by atoms with Gasteiger partial charge in [0.1, 0.15) is 17.5 Å². The van der Waals surface area contributed by atoms with E-state index < -0.39 is 17.7 Å². The van der Waals surface area contributed by atoms with Crippen LogP contribution in [-0.2, 0) is 6.54 Å². The first-order valence-electron chi connectivity index (χ1n) is 8.11. The summed E-state index contributed by atoms with van der Waals surface area (Å²) in [5, 5.41) is 17.1. The fourth-order valence-corrected chi connectivity index (χ4v) is 2.52. The van der Waals surface area contributed by atoms with Gasteiger partial charge >= 0.3 is 6.03 Å². The molecule has 0 unspecified atom stereocenters. The number of amidine groups is 1. The Balaban J connectivity index is 1.73. The van der Waals surface area contributed by atoms with Gasteiger partial charge < -0.3 is 5.32 Å². The normalized spacial score (nSPS) is 10.5. The number of rotatable bonds is 4. The molecule has 0 aliphatic carbocycles. The van der Waals surface area contributed by atoms with E-state index >= 15 is 0 Å². The van der Waals surface area contributed by atoms with E-state index in [4.69, 9.17) is 5.41 Å². The Bertz CT molecular complexity index is 955. The van der Waals surface area contributed by atoms with Crippen molar-refractivity contribution in [2.45, 2.75) is 13.5 Å². The smallest absolute Gasteiger partial charge is 0.308 e. The zero-order valence-corrected chi connectivity index (χ0v) is 14.5. The van der Waals surface area contributed by atoms with Gasteiger partial charge in [-0.1, -0.05) is 12.1 Å². The number of carbonyl (C=O) groups excluding carboxylic acids is 1. The highest BCUT2D eigenvalue weighted by Crippen LogP contribution is 2.20. The molecule has 6 nitrogen and oxygen atoms in total. The van der Waals surface area contributed by atoms with E-state index in [0.29, 0.717) is 5.69 Å². The topological polar surface area (TPSA) is 84.9 Å². The molecule has 0 saturated carbocycles. The summed E-state index contributed by atoms with van der Waals surface area (Å²) in [6.45, 7) is 1.15. The van der Waals surface area contributed by atoms with E-state index in [1.165, 1.54) is 6.92 Å². The summed E-state index contributed by atoms with van der Waals surface area (Å²) in [5.41, 5.74) is 2.33. The van der Waals surface area contributed by atoms with Crippen LogP contribution in [0.25, 0.3) is 11.1 Å².